The van der Waals surface area contributed by atoms with Gasteiger partial charge in [0.1, 0.15) is 17.7 Å². The lowest BCUT2D eigenvalue weighted by atomic mass is 10.1. The Kier molecular flexibility index (Phi) is 4.53. The fourth-order valence-corrected chi connectivity index (χ4v) is 3.34. The Morgan fingerprint density at radius 2 is 2.11 bits per heavy atom. The minimum absolute atomic E-state index is 0.137. The van der Waals surface area contributed by atoms with Crippen LogP contribution in [0, 0.1) is 0 Å². The Bertz CT molecular complexity index is 971. The number of carbonyl (C=O) groups excluding carboxylic acids is 1. The number of amides is 1. The SMILES string of the molecule is CNC(=O)OC1CCN(c2ccn3ncc(-c4ccccc4OC)c3n2)C1. The van der Waals surface area contributed by atoms with Crippen molar-refractivity contribution in [3.8, 4) is 16.9 Å². The van der Waals surface area contributed by atoms with E-state index in [4.69, 9.17) is 14.5 Å². The highest BCUT2D eigenvalue weighted by Crippen LogP contribution is 2.32. The molecule has 8 heteroatoms. The molecule has 27 heavy (non-hydrogen) atoms. The zero-order valence-electron chi connectivity index (χ0n) is 15.3. The fourth-order valence-electron chi connectivity index (χ4n) is 3.34. The first-order valence-corrected chi connectivity index (χ1v) is 8.80. The van der Waals surface area contributed by atoms with Crippen molar-refractivity contribution >= 4 is 17.6 Å². The van der Waals surface area contributed by atoms with Crippen molar-refractivity contribution in [3.63, 3.8) is 0 Å². The summed E-state index contributed by atoms with van der Waals surface area (Å²) in [4.78, 5) is 18.4. The summed E-state index contributed by atoms with van der Waals surface area (Å²) in [6, 6.07) is 9.74. The Morgan fingerprint density at radius 1 is 1.26 bits per heavy atom. The first-order valence-electron chi connectivity index (χ1n) is 8.80. The van der Waals surface area contributed by atoms with Crippen LogP contribution in [-0.2, 0) is 4.74 Å². The summed E-state index contributed by atoms with van der Waals surface area (Å²) in [5.74, 6) is 1.61. The van der Waals surface area contributed by atoms with Gasteiger partial charge in [-0.05, 0) is 12.1 Å². The summed E-state index contributed by atoms with van der Waals surface area (Å²) < 4.78 is 12.6. The van der Waals surface area contributed by atoms with E-state index in [-0.39, 0.29) is 6.10 Å². The van der Waals surface area contributed by atoms with E-state index in [2.05, 4.69) is 15.3 Å². The summed E-state index contributed by atoms with van der Waals surface area (Å²) in [6.45, 7) is 1.40. The largest absolute Gasteiger partial charge is 0.496 e. The number of rotatable bonds is 4. The lowest BCUT2D eigenvalue weighted by Crippen LogP contribution is -2.29. The second kappa shape index (κ2) is 7.14. The summed E-state index contributed by atoms with van der Waals surface area (Å²) >= 11 is 0. The summed E-state index contributed by atoms with van der Waals surface area (Å²) in [5.41, 5.74) is 2.61. The highest BCUT2D eigenvalue weighted by atomic mass is 16.6. The van der Waals surface area contributed by atoms with Crippen molar-refractivity contribution in [2.24, 2.45) is 0 Å². The molecule has 0 spiro atoms. The fraction of sp³-hybridized carbons (Fsp3) is 0.316. The molecule has 0 radical (unpaired) electrons. The Morgan fingerprint density at radius 3 is 2.93 bits per heavy atom. The molecule has 3 aromatic rings. The molecule has 1 aliphatic rings. The number of aromatic nitrogens is 3. The summed E-state index contributed by atoms with van der Waals surface area (Å²) in [7, 11) is 3.21. The van der Waals surface area contributed by atoms with Gasteiger partial charge in [0, 0.05) is 31.8 Å². The number of methoxy groups -OCH3 is 1. The first kappa shape index (κ1) is 17.1. The maximum absolute atomic E-state index is 11.4. The van der Waals surface area contributed by atoms with Crippen molar-refractivity contribution in [3.05, 3.63) is 42.7 Å². The number of hydrogen-bond acceptors (Lipinski definition) is 6. The van der Waals surface area contributed by atoms with Crippen LogP contribution in [0.5, 0.6) is 5.75 Å². The molecule has 1 N–H and O–H groups in total. The number of alkyl carbamates (subject to hydrolysis) is 1. The van der Waals surface area contributed by atoms with Gasteiger partial charge in [-0.25, -0.2) is 14.3 Å². The zero-order valence-corrected chi connectivity index (χ0v) is 15.3. The second-order valence-electron chi connectivity index (χ2n) is 6.32. The molecule has 0 bridgehead atoms. The number of hydrogen-bond donors (Lipinski definition) is 1. The van der Waals surface area contributed by atoms with Crippen molar-refractivity contribution < 1.29 is 14.3 Å². The van der Waals surface area contributed by atoms with Crippen molar-refractivity contribution in [2.75, 3.05) is 32.1 Å². The number of fused-ring (bicyclic) bond motifs is 1. The van der Waals surface area contributed by atoms with Gasteiger partial charge in [0.2, 0.25) is 0 Å². The Balaban J connectivity index is 1.64. The number of para-hydroxylation sites is 1. The standard InChI is InChI=1S/C19H21N5O3/c1-20-19(25)27-13-7-9-23(12-13)17-8-10-24-18(22-17)15(11-21-24)14-5-3-4-6-16(14)26-2/h3-6,8,10-11,13H,7,9,12H2,1-2H3,(H,20,25). The predicted molar refractivity (Wildman–Crippen MR) is 101 cm³/mol. The van der Waals surface area contributed by atoms with Crippen LogP contribution in [0.1, 0.15) is 6.42 Å². The minimum atomic E-state index is -0.403. The predicted octanol–water partition coefficient (Wildman–Crippen LogP) is 2.34. The molecular formula is C19H21N5O3. The van der Waals surface area contributed by atoms with Gasteiger partial charge in [-0.3, -0.25) is 0 Å². The maximum atomic E-state index is 11.4. The van der Waals surface area contributed by atoms with Gasteiger partial charge in [-0.1, -0.05) is 18.2 Å². The molecule has 1 atom stereocenters. The van der Waals surface area contributed by atoms with E-state index in [1.807, 2.05) is 36.5 Å². The number of ether oxygens (including phenoxy) is 2. The van der Waals surface area contributed by atoms with Crippen LogP contribution >= 0.6 is 0 Å². The third kappa shape index (κ3) is 3.25. The molecule has 1 fully saturated rings. The lowest BCUT2D eigenvalue weighted by Gasteiger charge is -2.17. The first-order chi connectivity index (χ1) is 13.2. The highest BCUT2D eigenvalue weighted by molar-refractivity contribution is 5.81. The normalized spacial score (nSPS) is 16.5. The monoisotopic (exact) mass is 367 g/mol. The quantitative estimate of drug-likeness (QED) is 0.762. The van der Waals surface area contributed by atoms with Gasteiger partial charge >= 0.3 is 6.09 Å². The third-order valence-corrected chi connectivity index (χ3v) is 4.70. The van der Waals surface area contributed by atoms with E-state index >= 15 is 0 Å². The van der Waals surface area contributed by atoms with Crippen LogP contribution in [0.2, 0.25) is 0 Å². The smallest absolute Gasteiger partial charge is 0.407 e. The van der Waals surface area contributed by atoms with Gasteiger partial charge in [-0.2, -0.15) is 5.10 Å². The summed E-state index contributed by atoms with van der Waals surface area (Å²) in [6.07, 6.45) is 3.93. The Hall–Kier alpha value is -3.29. The molecule has 1 saturated heterocycles. The van der Waals surface area contributed by atoms with Crippen LogP contribution in [-0.4, -0.2) is 54.0 Å². The molecule has 1 amide bonds. The van der Waals surface area contributed by atoms with E-state index in [9.17, 15) is 4.79 Å². The molecule has 140 valence electrons. The second-order valence-corrected chi connectivity index (χ2v) is 6.32. The molecule has 3 heterocycles. The third-order valence-electron chi connectivity index (χ3n) is 4.70. The molecule has 1 aromatic carbocycles. The van der Waals surface area contributed by atoms with Crippen LogP contribution in [0.25, 0.3) is 16.8 Å². The van der Waals surface area contributed by atoms with Crippen molar-refractivity contribution in [1.82, 2.24) is 19.9 Å². The molecule has 0 aliphatic carbocycles. The van der Waals surface area contributed by atoms with Crippen LogP contribution < -0.4 is 15.0 Å². The van der Waals surface area contributed by atoms with E-state index in [1.54, 1.807) is 24.9 Å². The van der Waals surface area contributed by atoms with Crippen molar-refractivity contribution in [1.29, 1.82) is 0 Å². The van der Waals surface area contributed by atoms with E-state index in [0.717, 1.165) is 41.3 Å². The number of nitrogens with one attached hydrogen (secondary N) is 1. The topological polar surface area (TPSA) is 81.0 Å². The average Bonchev–Trinajstić information content (AvgIpc) is 3.34. The van der Waals surface area contributed by atoms with Crippen LogP contribution in [0.4, 0.5) is 10.6 Å². The zero-order chi connectivity index (χ0) is 18.8. The minimum Gasteiger partial charge on any atom is -0.496 e. The molecule has 1 aliphatic heterocycles. The average molecular weight is 367 g/mol. The number of anilines is 1. The molecule has 8 nitrogen and oxygen atoms in total. The highest BCUT2D eigenvalue weighted by Gasteiger charge is 2.27. The van der Waals surface area contributed by atoms with Crippen LogP contribution in [0.15, 0.2) is 42.7 Å². The number of carbonyl (C=O) groups is 1. The lowest BCUT2D eigenvalue weighted by molar-refractivity contribution is 0.110. The van der Waals surface area contributed by atoms with Gasteiger partial charge in [-0.15, -0.1) is 0 Å². The molecule has 4 rings (SSSR count). The van der Waals surface area contributed by atoms with E-state index < -0.39 is 6.09 Å². The molecule has 1 unspecified atom stereocenters. The Labute approximate surface area is 156 Å². The number of benzene rings is 1. The van der Waals surface area contributed by atoms with Gasteiger partial charge in [0.15, 0.2) is 5.65 Å². The van der Waals surface area contributed by atoms with E-state index in [1.165, 1.54) is 0 Å². The number of nitrogens with zero attached hydrogens (tertiary/aromatic N) is 4. The van der Waals surface area contributed by atoms with Gasteiger partial charge < -0.3 is 19.7 Å². The van der Waals surface area contributed by atoms with Gasteiger partial charge in [0.05, 0.1) is 25.4 Å². The van der Waals surface area contributed by atoms with E-state index in [0.29, 0.717) is 6.54 Å². The maximum Gasteiger partial charge on any atom is 0.407 e. The summed E-state index contributed by atoms with van der Waals surface area (Å²) in [5, 5.41) is 6.89. The molecular weight excluding hydrogens is 346 g/mol. The van der Waals surface area contributed by atoms with Crippen molar-refractivity contribution in [2.45, 2.75) is 12.5 Å². The molecule has 0 saturated carbocycles. The molecule has 2 aromatic heterocycles. The van der Waals surface area contributed by atoms with Crippen LogP contribution in [0.3, 0.4) is 0 Å². The van der Waals surface area contributed by atoms with Gasteiger partial charge in [0.25, 0.3) is 0 Å².